The quantitative estimate of drug-likeness (QED) is 0.456. The molecule has 5 heteroatoms. The summed E-state index contributed by atoms with van der Waals surface area (Å²) in [6.45, 7) is 6.77. The van der Waals surface area contributed by atoms with Crippen molar-refractivity contribution < 1.29 is 15.3 Å². The highest BCUT2D eigenvalue weighted by Gasteiger charge is 2.15. The Kier molecular flexibility index (Phi) is 8.00. The molecule has 0 heterocycles. The molecular formula is C17H30N2O3. The first-order valence-electron chi connectivity index (χ1n) is 7.92. The molecule has 0 aliphatic carbocycles. The van der Waals surface area contributed by atoms with Gasteiger partial charge in [0, 0.05) is 19.6 Å². The Morgan fingerprint density at radius 3 is 2.00 bits per heavy atom. The van der Waals surface area contributed by atoms with Crippen LogP contribution in [0.3, 0.4) is 0 Å². The van der Waals surface area contributed by atoms with Gasteiger partial charge >= 0.3 is 0 Å². The molecule has 3 atom stereocenters. The van der Waals surface area contributed by atoms with E-state index in [4.69, 9.17) is 5.73 Å². The average molecular weight is 310 g/mol. The maximum absolute atomic E-state index is 9.79. The Hall–Kier alpha value is -0.980. The van der Waals surface area contributed by atoms with Crippen molar-refractivity contribution >= 4 is 0 Å². The fraction of sp³-hybridized carbons (Fsp3) is 0.647. The lowest BCUT2D eigenvalue weighted by atomic mass is 9.90. The molecule has 0 radical (unpaired) electrons. The third kappa shape index (κ3) is 6.02. The Balaban J connectivity index is 3.08. The van der Waals surface area contributed by atoms with E-state index >= 15 is 0 Å². The highest BCUT2D eigenvalue weighted by atomic mass is 16.3. The average Bonchev–Trinajstić information content (AvgIpc) is 2.39. The number of rotatable bonds is 9. The second-order valence-electron chi connectivity index (χ2n) is 6.13. The zero-order valence-corrected chi connectivity index (χ0v) is 13.8. The molecule has 0 aromatic heterocycles. The van der Waals surface area contributed by atoms with Crippen LogP contribution in [0.25, 0.3) is 0 Å². The van der Waals surface area contributed by atoms with Gasteiger partial charge in [-0.05, 0) is 55.9 Å². The third-order valence-electron chi connectivity index (χ3n) is 3.60. The van der Waals surface area contributed by atoms with Crippen LogP contribution in [0.2, 0.25) is 0 Å². The molecule has 0 saturated heterocycles. The normalized spacial score (nSPS) is 15.6. The molecule has 0 spiro atoms. The second-order valence-corrected chi connectivity index (χ2v) is 6.13. The van der Waals surface area contributed by atoms with E-state index in [2.05, 4.69) is 5.32 Å². The molecule has 0 bridgehead atoms. The van der Waals surface area contributed by atoms with Gasteiger partial charge in [0.1, 0.15) is 0 Å². The van der Waals surface area contributed by atoms with Crippen molar-refractivity contribution in [3.8, 4) is 0 Å². The fourth-order valence-corrected chi connectivity index (χ4v) is 2.68. The lowest BCUT2D eigenvalue weighted by Crippen LogP contribution is -2.25. The fourth-order valence-electron chi connectivity index (χ4n) is 2.68. The number of aliphatic hydroxyl groups excluding tert-OH is 3. The Morgan fingerprint density at radius 2 is 1.50 bits per heavy atom. The van der Waals surface area contributed by atoms with Gasteiger partial charge in [-0.2, -0.15) is 0 Å². The topological polar surface area (TPSA) is 98.7 Å². The maximum Gasteiger partial charge on any atom is 0.0636 e. The van der Waals surface area contributed by atoms with Gasteiger partial charge in [0.05, 0.1) is 18.3 Å². The number of nitrogens with one attached hydrogen (secondary N) is 1. The predicted molar refractivity (Wildman–Crippen MR) is 88.5 cm³/mol. The summed E-state index contributed by atoms with van der Waals surface area (Å²) in [4.78, 5) is 0. The zero-order chi connectivity index (χ0) is 16.7. The highest BCUT2D eigenvalue weighted by molar-refractivity contribution is 5.42. The minimum Gasteiger partial charge on any atom is -0.393 e. The molecule has 0 saturated carbocycles. The van der Waals surface area contributed by atoms with Crippen LogP contribution in [0.15, 0.2) is 12.1 Å². The van der Waals surface area contributed by atoms with Crippen LogP contribution in [-0.2, 0) is 25.9 Å². The summed E-state index contributed by atoms with van der Waals surface area (Å²) >= 11 is 0. The van der Waals surface area contributed by atoms with Crippen molar-refractivity contribution in [1.82, 2.24) is 5.32 Å². The molecule has 1 rings (SSSR count). The van der Waals surface area contributed by atoms with E-state index in [9.17, 15) is 15.3 Å². The van der Waals surface area contributed by atoms with Crippen LogP contribution in [0.5, 0.6) is 0 Å². The summed E-state index contributed by atoms with van der Waals surface area (Å²) in [7, 11) is 0. The molecule has 3 unspecified atom stereocenters. The van der Waals surface area contributed by atoms with E-state index in [-0.39, 0.29) is 0 Å². The second kappa shape index (κ2) is 9.22. The van der Waals surface area contributed by atoms with E-state index in [0.29, 0.717) is 32.5 Å². The Morgan fingerprint density at radius 1 is 0.909 bits per heavy atom. The van der Waals surface area contributed by atoms with Crippen molar-refractivity contribution in [3.63, 3.8) is 0 Å². The maximum atomic E-state index is 9.79. The summed E-state index contributed by atoms with van der Waals surface area (Å²) < 4.78 is 0. The molecular weight excluding hydrogens is 280 g/mol. The largest absolute Gasteiger partial charge is 0.393 e. The van der Waals surface area contributed by atoms with Gasteiger partial charge in [-0.3, -0.25) is 0 Å². The van der Waals surface area contributed by atoms with Crippen LogP contribution in [0, 0.1) is 0 Å². The van der Waals surface area contributed by atoms with Crippen LogP contribution in [-0.4, -0.2) is 40.2 Å². The first-order chi connectivity index (χ1) is 10.3. The van der Waals surface area contributed by atoms with Crippen molar-refractivity contribution in [2.24, 2.45) is 5.73 Å². The zero-order valence-electron chi connectivity index (χ0n) is 13.8. The molecule has 1 aromatic carbocycles. The summed E-state index contributed by atoms with van der Waals surface area (Å²) in [5, 5.41) is 32.0. The van der Waals surface area contributed by atoms with Crippen molar-refractivity contribution in [3.05, 3.63) is 34.4 Å². The van der Waals surface area contributed by atoms with Gasteiger partial charge in [-0.15, -0.1) is 0 Å². The summed E-state index contributed by atoms with van der Waals surface area (Å²) in [6, 6.07) is 4.02. The van der Waals surface area contributed by atoms with Crippen LogP contribution in [0.4, 0.5) is 0 Å². The molecule has 0 aliphatic heterocycles. The molecule has 5 nitrogen and oxygen atoms in total. The first-order valence-corrected chi connectivity index (χ1v) is 7.92. The smallest absolute Gasteiger partial charge is 0.0636 e. The molecule has 0 amide bonds. The van der Waals surface area contributed by atoms with Gasteiger partial charge in [0.15, 0.2) is 0 Å². The standard InChI is InChI=1S/C17H30N2O3/c1-11(20)6-14-4-5-15(10-19-9-13(3)22)16(7-12(2)21)17(14)8-18/h4-5,11-13,19-22H,6-10,18H2,1-3H3. The van der Waals surface area contributed by atoms with Crippen LogP contribution >= 0.6 is 0 Å². The van der Waals surface area contributed by atoms with Crippen LogP contribution in [0.1, 0.15) is 43.0 Å². The Labute approximate surface area is 133 Å². The van der Waals surface area contributed by atoms with Gasteiger partial charge in [0.25, 0.3) is 0 Å². The number of hydrogen-bond donors (Lipinski definition) is 5. The van der Waals surface area contributed by atoms with E-state index in [0.717, 1.165) is 22.3 Å². The lowest BCUT2D eigenvalue weighted by molar-refractivity contribution is 0.189. The number of aliphatic hydroxyl groups is 3. The monoisotopic (exact) mass is 310 g/mol. The van der Waals surface area contributed by atoms with E-state index in [1.807, 2.05) is 12.1 Å². The third-order valence-corrected chi connectivity index (χ3v) is 3.60. The number of nitrogens with two attached hydrogens (primary N) is 1. The van der Waals surface area contributed by atoms with Gasteiger partial charge < -0.3 is 26.4 Å². The first kappa shape index (κ1) is 19.1. The van der Waals surface area contributed by atoms with E-state index < -0.39 is 18.3 Å². The molecule has 0 aliphatic rings. The molecule has 126 valence electrons. The molecule has 1 aromatic rings. The summed E-state index contributed by atoms with van der Waals surface area (Å²) in [5.41, 5.74) is 10.1. The summed E-state index contributed by atoms with van der Waals surface area (Å²) in [5.74, 6) is 0. The lowest BCUT2D eigenvalue weighted by Gasteiger charge is -2.20. The SMILES string of the molecule is CC(O)CNCc1ccc(CC(C)O)c(CN)c1CC(C)O. The molecule has 22 heavy (non-hydrogen) atoms. The predicted octanol–water partition coefficient (Wildman–Crippen LogP) is 0.462. The summed E-state index contributed by atoms with van der Waals surface area (Å²) in [6.07, 6.45) is -0.192. The van der Waals surface area contributed by atoms with Gasteiger partial charge in [-0.1, -0.05) is 12.1 Å². The van der Waals surface area contributed by atoms with E-state index in [1.54, 1.807) is 20.8 Å². The minimum absolute atomic E-state index is 0.383. The van der Waals surface area contributed by atoms with Crippen molar-refractivity contribution in [1.29, 1.82) is 0 Å². The molecule has 0 fully saturated rings. The Bertz CT molecular complexity index is 459. The highest BCUT2D eigenvalue weighted by Crippen LogP contribution is 2.22. The number of benzene rings is 1. The van der Waals surface area contributed by atoms with Crippen LogP contribution < -0.4 is 11.1 Å². The molecule has 6 N–H and O–H groups in total. The van der Waals surface area contributed by atoms with E-state index in [1.165, 1.54) is 0 Å². The van der Waals surface area contributed by atoms with Gasteiger partial charge in [-0.25, -0.2) is 0 Å². The number of hydrogen-bond acceptors (Lipinski definition) is 5. The van der Waals surface area contributed by atoms with Gasteiger partial charge in [0.2, 0.25) is 0 Å². The van der Waals surface area contributed by atoms with Crippen molar-refractivity contribution in [2.75, 3.05) is 6.54 Å². The van der Waals surface area contributed by atoms with Crippen molar-refractivity contribution in [2.45, 2.75) is 65.0 Å². The minimum atomic E-state index is -0.456.